The molecule has 1 heterocycles. The molecule has 6 heteroatoms. The van der Waals surface area contributed by atoms with Gasteiger partial charge in [0.25, 0.3) is 0 Å². The van der Waals surface area contributed by atoms with Crippen molar-refractivity contribution < 1.29 is 8.78 Å². The van der Waals surface area contributed by atoms with Crippen LogP contribution in [0.4, 0.5) is 26.2 Å². The highest BCUT2D eigenvalue weighted by molar-refractivity contribution is 5.58. The monoisotopic (exact) mass is 318 g/mol. The molecule has 4 nitrogen and oxygen atoms in total. The van der Waals surface area contributed by atoms with Gasteiger partial charge in [-0.05, 0) is 38.3 Å². The fourth-order valence-corrected chi connectivity index (χ4v) is 2.23. The quantitative estimate of drug-likeness (QED) is 0.818. The second-order valence-electron chi connectivity index (χ2n) is 5.98. The molecule has 1 aromatic carbocycles. The van der Waals surface area contributed by atoms with Crippen LogP contribution in [-0.2, 0) is 0 Å². The Bertz CT molecular complexity index is 701. The zero-order chi connectivity index (χ0) is 16.4. The molecule has 0 amide bonds. The molecule has 0 saturated heterocycles. The van der Waals surface area contributed by atoms with Crippen LogP contribution in [0.2, 0.25) is 0 Å². The van der Waals surface area contributed by atoms with Crippen LogP contribution >= 0.6 is 0 Å². The van der Waals surface area contributed by atoms with E-state index in [2.05, 4.69) is 34.4 Å². The summed E-state index contributed by atoms with van der Waals surface area (Å²) in [6.45, 7) is 4.15. The third kappa shape index (κ3) is 3.94. The molecule has 0 unspecified atom stereocenters. The Morgan fingerprint density at radius 2 is 1.96 bits per heavy atom. The minimum Gasteiger partial charge on any atom is -0.352 e. The average Bonchev–Trinajstić information content (AvgIpc) is 3.35. The smallest absolute Gasteiger partial charge is 0.225 e. The molecule has 2 N–H and O–H groups in total. The number of aromatic nitrogens is 2. The van der Waals surface area contributed by atoms with Gasteiger partial charge in [-0.2, -0.15) is 4.98 Å². The summed E-state index contributed by atoms with van der Waals surface area (Å²) in [6.07, 6.45) is 3.22. The largest absolute Gasteiger partial charge is 0.352 e. The first-order valence-electron chi connectivity index (χ1n) is 7.92. The van der Waals surface area contributed by atoms with Crippen molar-refractivity contribution in [1.82, 2.24) is 9.97 Å². The van der Waals surface area contributed by atoms with Crippen molar-refractivity contribution in [3.05, 3.63) is 41.6 Å². The molecule has 3 rings (SSSR count). The molecule has 1 aliphatic rings. The van der Waals surface area contributed by atoms with Gasteiger partial charge in [0.1, 0.15) is 5.82 Å². The number of nitrogens with one attached hydrogen (secondary N) is 2. The van der Waals surface area contributed by atoms with Gasteiger partial charge in [-0.25, -0.2) is 13.8 Å². The molecule has 2 aromatic rings. The Morgan fingerprint density at radius 1 is 1.17 bits per heavy atom. The van der Waals surface area contributed by atoms with Gasteiger partial charge in [0.15, 0.2) is 11.6 Å². The molecule has 0 aliphatic heterocycles. The maximum absolute atomic E-state index is 13.3. The van der Waals surface area contributed by atoms with Crippen LogP contribution in [0.15, 0.2) is 24.3 Å². The van der Waals surface area contributed by atoms with Crippen molar-refractivity contribution in [2.45, 2.75) is 45.1 Å². The van der Waals surface area contributed by atoms with Crippen molar-refractivity contribution in [1.29, 1.82) is 0 Å². The third-order valence-corrected chi connectivity index (χ3v) is 3.92. The lowest BCUT2D eigenvalue weighted by atomic mass is 10.2. The highest BCUT2D eigenvalue weighted by Crippen LogP contribution is 2.40. The topological polar surface area (TPSA) is 49.8 Å². The standard InChI is InChI=1S/C17H20F2N4/c1-3-10(2)20-17-22-15(11-4-5-11)9-16(23-17)21-12-6-7-13(18)14(19)8-12/h6-11H,3-5H2,1-2H3,(H2,20,21,22,23)/t10-/m0/s1. The highest BCUT2D eigenvalue weighted by atomic mass is 19.2. The molecule has 1 saturated carbocycles. The first-order chi connectivity index (χ1) is 11.0. The maximum Gasteiger partial charge on any atom is 0.225 e. The molecule has 0 spiro atoms. The molecule has 0 bridgehead atoms. The summed E-state index contributed by atoms with van der Waals surface area (Å²) >= 11 is 0. The number of benzene rings is 1. The fourth-order valence-electron chi connectivity index (χ4n) is 2.23. The van der Waals surface area contributed by atoms with E-state index in [4.69, 9.17) is 0 Å². The van der Waals surface area contributed by atoms with Crippen molar-refractivity contribution in [2.24, 2.45) is 0 Å². The summed E-state index contributed by atoms with van der Waals surface area (Å²) in [7, 11) is 0. The van der Waals surface area contributed by atoms with Crippen LogP contribution in [0.3, 0.4) is 0 Å². The summed E-state index contributed by atoms with van der Waals surface area (Å²) in [5.41, 5.74) is 1.44. The fraction of sp³-hybridized carbons (Fsp3) is 0.412. The third-order valence-electron chi connectivity index (χ3n) is 3.92. The van der Waals surface area contributed by atoms with Crippen molar-refractivity contribution in [2.75, 3.05) is 10.6 Å². The van der Waals surface area contributed by atoms with E-state index >= 15 is 0 Å². The first kappa shape index (κ1) is 15.6. The predicted molar refractivity (Wildman–Crippen MR) is 87.0 cm³/mol. The van der Waals surface area contributed by atoms with E-state index in [1.165, 1.54) is 6.07 Å². The van der Waals surface area contributed by atoms with Crippen molar-refractivity contribution in [3.8, 4) is 0 Å². The second kappa shape index (κ2) is 6.48. The van der Waals surface area contributed by atoms with Gasteiger partial charge in [-0.15, -0.1) is 0 Å². The van der Waals surface area contributed by atoms with Crippen molar-refractivity contribution in [3.63, 3.8) is 0 Å². The van der Waals surface area contributed by atoms with E-state index in [9.17, 15) is 8.78 Å². The minimum absolute atomic E-state index is 0.264. The van der Waals surface area contributed by atoms with Gasteiger partial charge in [0, 0.05) is 29.8 Å². The summed E-state index contributed by atoms with van der Waals surface area (Å²) in [4.78, 5) is 8.99. The lowest BCUT2D eigenvalue weighted by Crippen LogP contribution is -2.16. The zero-order valence-corrected chi connectivity index (χ0v) is 13.2. The van der Waals surface area contributed by atoms with E-state index < -0.39 is 11.6 Å². The van der Waals surface area contributed by atoms with Crippen LogP contribution in [-0.4, -0.2) is 16.0 Å². The van der Waals surface area contributed by atoms with Crippen LogP contribution < -0.4 is 10.6 Å². The van der Waals surface area contributed by atoms with Gasteiger partial charge < -0.3 is 10.6 Å². The first-order valence-corrected chi connectivity index (χ1v) is 7.92. The molecule has 1 atom stereocenters. The Labute approximate surface area is 134 Å². The Morgan fingerprint density at radius 3 is 2.61 bits per heavy atom. The van der Waals surface area contributed by atoms with E-state index in [1.54, 1.807) is 0 Å². The second-order valence-corrected chi connectivity index (χ2v) is 5.98. The van der Waals surface area contributed by atoms with Gasteiger partial charge in [0.2, 0.25) is 5.95 Å². The van der Waals surface area contributed by atoms with E-state index in [1.807, 2.05) is 6.07 Å². The molecule has 122 valence electrons. The lowest BCUT2D eigenvalue weighted by Gasteiger charge is -2.14. The summed E-state index contributed by atoms with van der Waals surface area (Å²) in [5, 5.41) is 6.29. The number of hydrogen-bond acceptors (Lipinski definition) is 4. The Kier molecular flexibility index (Phi) is 4.41. The average molecular weight is 318 g/mol. The lowest BCUT2D eigenvalue weighted by molar-refractivity contribution is 0.509. The summed E-state index contributed by atoms with van der Waals surface area (Å²) in [5.74, 6) is -0.131. The summed E-state index contributed by atoms with van der Waals surface area (Å²) in [6, 6.07) is 5.84. The molecular formula is C17H20F2N4. The van der Waals surface area contributed by atoms with Crippen LogP contribution in [0.5, 0.6) is 0 Å². The zero-order valence-electron chi connectivity index (χ0n) is 13.2. The number of anilines is 3. The molecular weight excluding hydrogens is 298 g/mol. The van der Waals surface area contributed by atoms with Crippen molar-refractivity contribution >= 4 is 17.5 Å². The Hall–Kier alpha value is -2.24. The predicted octanol–water partition coefficient (Wildman–Crippen LogP) is 4.59. The molecule has 1 aliphatic carbocycles. The van der Waals surface area contributed by atoms with Gasteiger partial charge in [0.05, 0.1) is 5.69 Å². The van der Waals surface area contributed by atoms with Gasteiger partial charge in [-0.3, -0.25) is 0 Å². The normalized spacial score (nSPS) is 15.3. The van der Waals surface area contributed by atoms with E-state index in [0.717, 1.165) is 37.1 Å². The molecule has 23 heavy (non-hydrogen) atoms. The van der Waals surface area contributed by atoms with Crippen LogP contribution in [0.1, 0.15) is 44.7 Å². The van der Waals surface area contributed by atoms with Gasteiger partial charge >= 0.3 is 0 Å². The number of hydrogen-bond donors (Lipinski definition) is 2. The highest BCUT2D eigenvalue weighted by Gasteiger charge is 2.26. The number of nitrogens with zero attached hydrogens (tertiary/aromatic N) is 2. The van der Waals surface area contributed by atoms with Crippen LogP contribution in [0.25, 0.3) is 0 Å². The van der Waals surface area contributed by atoms with E-state index in [0.29, 0.717) is 23.4 Å². The van der Waals surface area contributed by atoms with Gasteiger partial charge in [-0.1, -0.05) is 6.92 Å². The summed E-state index contributed by atoms with van der Waals surface area (Å²) < 4.78 is 26.4. The number of rotatable bonds is 6. The van der Waals surface area contributed by atoms with E-state index in [-0.39, 0.29) is 6.04 Å². The molecule has 1 fully saturated rings. The SMILES string of the molecule is CC[C@H](C)Nc1nc(Nc2ccc(F)c(F)c2)cc(C2CC2)n1. The molecule has 0 radical (unpaired) electrons. The number of halogens is 2. The maximum atomic E-state index is 13.3. The van der Waals surface area contributed by atoms with Crippen LogP contribution in [0, 0.1) is 11.6 Å². The molecule has 1 aromatic heterocycles. The Balaban J connectivity index is 1.86. The minimum atomic E-state index is -0.885.